The maximum atomic E-state index is 14.6. The van der Waals surface area contributed by atoms with Gasteiger partial charge in [-0.2, -0.15) is 0 Å². The van der Waals surface area contributed by atoms with Crippen LogP contribution in [0.15, 0.2) is 84.9 Å². The number of hydrogen-bond donors (Lipinski definition) is 4. The Bertz CT molecular complexity index is 1510. The number of nitrogens with one attached hydrogen (secondary N) is 2. The molecule has 1 heterocycles. The lowest BCUT2D eigenvalue weighted by Crippen LogP contribution is -2.63. The highest BCUT2D eigenvalue weighted by molar-refractivity contribution is 5.96. The third-order valence-electron chi connectivity index (χ3n) is 9.99. The number of primary amides is 1. The van der Waals surface area contributed by atoms with Gasteiger partial charge in [0, 0.05) is 26.2 Å². The highest BCUT2D eigenvalue weighted by Crippen LogP contribution is 2.39. The van der Waals surface area contributed by atoms with Crippen molar-refractivity contribution in [2.75, 3.05) is 26.7 Å². The lowest BCUT2D eigenvalue weighted by atomic mass is 9.80. The van der Waals surface area contributed by atoms with Crippen LogP contribution in [-0.4, -0.2) is 83.2 Å². The number of aryl methyl sites for hydroxylation is 1. The number of hydrogen-bond acceptors (Lipinski definition) is 6. The van der Waals surface area contributed by atoms with Gasteiger partial charge in [-0.3, -0.25) is 9.59 Å². The summed E-state index contributed by atoms with van der Waals surface area (Å²) in [6.45, 7) is 7.12. The number of methoxy groups -OCH3 is 1. The minimum atomic E-state index is -1.13. The van der Waals surface area contributed by atoms with Crippen LogP contribution < -0.4 is 21.1 Å². The number of aliphatic hydroxyl groups excluding tert-OH is 1. The molecule has 0 aliphatic carbocycles. The predicted molar refractivity (Wildman–Crippen MR) is 192 cm³/mol. The third kappa shape index (κ3) is 9.19. The van der Waals surface area contributed by atoms with Crippen LogP contribution in [0, 0.1) is 5.92 Å². The largest absolute Gasteiger partial charge is 0.497 e. The first kappa shape index (κ1) is 37.4. The number of likely N-dealkylation sites (tertiary alicyclic amines) is 1. The summed E-state index contributed by atoms with van der Waals surface area (Å²) in [5.41, 5.74) is 7.74. The van der Waals surface area contributed by atoms with E-state index in [1.54, 1.807) is 12.0 Å². The number of nitrogens with zero attached hydrogens (tertiary/aromatic N) is 2. The van der Waals surface area contributed by atoms with Gasteiger partial charge in [0.15, 0.2) is 0 Å². The maximum Gasteiger partial charge on any atom is 0.315 e. The van der Waals surface area contributed by atoms with Crippen molar-refractivity contribution >= 4 is 17.8 Å². The molecular weight excluding hydrogens is 618 g/mol. The number of carbonyl (C=O) groups is 3. The Morgan fingerprint density at radius 3 is 2.27 bits per heavy atom. The maximum absolute atomic E-state index is 14.6. The monoisotopic (exact) mass is 671 g/mol. The van der Waals surface area contributed by atoms with Crippen molar-refractivity contribution < 1.29 is 24.2 Å². The minimum Gasteiger partial charge on any atom is -0.497 e. The molecule has 4 rings (SSSR count). The lowest BCUT2D eigenvalue weighted by molar-refractivity contribution is -0.146. The van der Waals surface area contributed by atoms with Gasteiger partial charge in [0.25, 0.3) is 0 Å². The summed E-state index contributed by atoms with van der Waals surface area (Å²) < 4.78 is 5.34. The van der Waals surface area contributed by atoms with Crippen LogP contribution in [-0.2, 0) is 29.0 Å². The van der Waals surface area contributed by atoms with E-state index in [0.717, 1.165) is 22.4 Å². The SMILES string of the molecule is CC[C@H](C)[C@@]1(N(CC)C(N)=O)CCN([C@@H](CCc2ccccc2)C(=O)N[C@@H](Cc2ccccc2)[C@H](O)CNCc2cccc(OC)c2)C1=O. The van der Waals surface area contributed by atoms with E-state index in [0.29, 0.717) is 45.2 Å². The molecule has 1 saturated heterocycles. The first-order valence-electron chi connectivity index (χ1n) is 17.4. The van der Waals surface area contributed by atoms with Crippen molar-refractivity contribution in [1.82, 2.24) is 20.4 Å². The second kappa shape index (κ2) is 17.8. The zero-order valence-corrected chi connectivity index (χ0v) is 29.3. The smallest absolute Gasteiger partial charge is 0.315 e. The molecule has 5 atom stereocenters. The summed E-state index contributed by atoms with van der Waals surface area (Å²) in [6, 6.07) is 25.2. The number of carbonyl (C=O) groups excluding carboxylic acids is 3. The second-order valence-corrected chi connectivity index (χ2v) is 13.0. The molecule has 49 heavy (non-hydrogen) atoms. The van der Waals surface area contributed by atoms with Gasteiger partial charge in [-0.05, 0) is 67.3 Å². The van der Waals surface area contributed by atoms with Gasteiger partial charge in [-0.25, -0.2) is 4.79 Å². The van der Waals surface area contributed by atoms with Crippen molar-refractivity contribution in [3.05, 3.63) is 102 Å². The summed E-state index contributed by atoms with van der Waals surface area (Å²) in [5, 5.41) is 18.0. The highest BCUT2D eigenvalue weighted by Gasteiger charge is 2.56. The fourth-order valence-corrected chi connectivity index (χ4v) is 7.09. The quantitative estimate of drug-likeness (QED) is 0.159. The molecule has 1 aliphatic rings. The van der Waals surface area contributed by atoms with E-state index in [2.05, 4.69) is 10.6 Å². The Morgan fingerprint density at radius 2 is 1.65 bits per heavy atom. The Labute approximate surface area is 291 Å². The molecule has 10 nitrogen and oxygen atoms in total. The number of amides is 4. The molecular formula is C39H53N5O5. The van der Waals surface area contributed by atoms with Gasteiger partial charge < -0.3 is 36.0 Å². The fourth-order valence-electron chi connectivity index (χ4n) is 7.09. The van der Waals surface area contributed by atoms with Gasteiger partial charge in [-0.15, -0.1) is 0 Å². The molecule has 10 heteroatoms. The van der Waals surface area contributed by atoms with E-state index in [-0.39, 0.29) is 30.8 Å². The van der Waals surface area contributed by atoms with Gasteiger partial charge in [0.2, 0.25) is 11.8 Å². The normalized spacial score (nSPS) is 18.4. The molecule has 0 aromatic heterocycles. The first-order valence-corrected chi connectivity index (χ1v) is 17.4. The van der Waals surface area contributed by atoms with E-state index in [1.165, 1.54) is 4.90 Å². The molecule has 5 N–H and O–H groups in total. The fraction of sp³-hybridized carbons (Fsp3) is 0.462. The number of likely N-dealkylation sites (N-methyl/N-ethyl adjacent to an activating group) is 1. The molecule has 264 valence electrons. The number of aliphatic hydroxyl groups is 1. The van der Waals surface area contributed by atoms with Gasteiger partial charge >= 0.3 is 6.03 Å². The Kier molecular flexibility index (Phi) is 13.6. The summed E-state index contributed by atoms with van der Waals surface area (Å²) in [4.78, 5) is 44.8. The topological polar surface area (TPSA) is 137 Å². The Balaban J connectivity index is 1.60. The molecule has 0 radical (unpaired) electrons. The molecule has 1 fully saturated rings. The first-order chi connectivity index (χ1) is 23.6. The molecule has 0 saturated carbocycles. The van der Waals surface area contributed by atoms with Gasteiger partial charge in [-0.1, -0.05) is 93.1 Å². The van der Waals surface area contributed by atoms with Crippen molar-refractivity contribution in [3.63, 3.8) is 0 Å². The zero-order valence-electron chi connectivity index (χ0n) is 29.3. The van der Waals surface area contributed by atoms with Crippen LogP contribution in [0.25, 0.3) is 0 Å². The second-order valence-electron chi connectivity index (χ2n) is 13.0. The van der Waals surface area contributed by atoms with Crippen LogP contribution in [0.4, 0.5) is 4.79 Å². The number of nitrogens with two attached hydrogens (primary N) is 1. The van der Waals surface area contributed by atoms with Gasteiger partial charge in [0.05, 0.1) is 19.3 Å². The summed E-state index contributed by atoms with van der Waals surface area (Å²) >= 11 is 0. The molecule has 1 aliphatic heterocycles. The minimum absolute atomic E-state index is 0.168. The summed E-state index contributed by atoms with van der Waals surface area (Å²) in [6.07, 6.45) is 1.47. The Morgan fingerprint density at radius 1 is 1.00 bits per heavy atom. The van der Waals surface area contributed by atoms with Crippen LogP contribution in [0.1, 0.15) is 56.7 Å². The van der Waals surface area contributed by atoms with Crippen molar-refractivity contribution in [2.24, 2.45) is 11.7 Å². The van der Waals surface area contributed by atoms with E-state index in [1.807, 2.05) is 106 Å². The van der Waals surface area contributed by atoms with Gasteiger partial charge in [0.1, 0.15) is 17.3 Å². The third-order valence-corrected chi connectivity index (χ3v) is 9.99. The van der Waals surface area contributed by atoms with E-state index in [4.69, 9.17) is 10.5 Å². The molecule has 0 bridgehead atoms. The van der Waals surface area contributed by atoms with E-state index >= 15 is 0 Å². The van der Waals surface area contributed by atoms with Crippen LogP contribution in [0.5, 0.6) is 5.75 Å². The van der Waals surface area contributed by atoms with Crippen LogP contribution in [0.3, 0.4) is 0 Å². The van der Waals surface area contributed by atoms with Crippen molar-refractivity contribution in [1.29, 1.82) is 0 Å². The molecule has 3 aromatic carbocycles. The van der Waals surface area contributed by atoms with Crippen molar-refractivity contribution in [2.45, 2.75) is 83.1 Å². The average Bonchev–Trinajstić information content (AvgIpc) is 3.45. The van der Waals surface area contributed by atoms with E-state index in [9.17, 15) is 19.5 Å². The number of ether oxygens (including phenoxy) is 1. The van der Waals surface area contributed by atoms with Crippen molar-refractivity contribution in [3.8, 4) is 5.75 Å². The lowest BCUT2D eigenvalue weighted by Gasteiger charge is -2.43. The predicted octanol–water partition coefficient (Wildman–Crippen LogP) is 4.29. The Hall–Kier alpha value is -4.41. The number of urea groups is 1. The summed E-state index contributed by atoms with van der Waals surface area (Å²) in [7, 11) is 1.62. The standard InChI is InChI=1S/C39H53N5O5/c1-5-28(3)39(44(6-2)38(40)48)22-23-43(37(39)47)34(21-20-29-14-9-7-10-15-29)36(46)42-33(25-30-16-11-8-12-17-30)35(45)27-41-26-31-18-13-19-32(24-31)49-4/h7-19,24,28,33-35,41,45H,5-6,20-23,25-27H2,1-4H3,(H2,40,48)(H,42,46)/t28-,33-,34-,35+,39-/m0/s1. The van der Waals surface area contributed by atoms with Crippen LogP contribution >= 0.6 is 0 Å². The molecule has 0 unspecified atom stereocenters. The molecule has 3 aromatic rings. The summed E-state index contributed by atoms with van der Waals surface area (Å²) in [5.74, 6) is -0.00384. The van der Waals surface area contributed by atoms with Crippen LogP contribution in [0.2, 0.25) is 0 Å². The number of benzene rings is 3. The number of rotatable bonds is 18. The average molecular weight is 672 g/mol. The molecule has 4 amide bonds. The molecule has 0 spiro atoms. The van der Waals surface area contributed by atoms with E-state index < -0.39 is 29.8 Å². The highest BCUT2D eigenvalue weighted by atomic mass is 16.5. The zero-order chi connectivity index (χ0) is 35.4.